The number of thiophene rings is 1. The molecule has 8 heteroatoms. The highest BCUT2D eigenvalue weighted by Gasteiger charge is 2.25. The second kappa shape index (κ2) is 9.15. The zero-order valence-corrected chi connectivity index (χ0v) is 17.5. The quantitative estimate of drug-likeness (QED) is 0.439. The average Bonchev–Trinajstić information content (AvgIpc) is 3.08. The Hall–Kier alpha value is -3.10. The molecule has 1 aromatic heterocycles. The van der Waals surface area contributed by atoms with E-state index in [1.165, 1.54) is 27.0 Å². The summed E-state index contributed by atoms with van der Waals surface area (Å²) in [7, 11) is 1.45. The number of amides is 1. The van der Waals surface area contributed by atoms with Crippen LogP contribution >= 0.6 is 11.3 Å². The number of carbonyl (C=O) groups excluding carboxylic acids is 3. The maximum Gasteiger partial charge on any atom is 0.349 e. The SMILES string of the molecule is COCc1c(C(=O)OC(C)C(=O)Nc2ccc(C(C)=O)cc2)sc2cccc(F)c12. The van der Waals surface area contributed by atoms with Crippen molar-refractivity contribution in [2.45, 2.75) is 26.6 Å². The van der Waals surface area contributed by atoms with Gasteiger partial charge in [0.25, 0.3) is 5.91 Å². The summed E-state index contributed by atoms with van der Waals surface area (Å²) < 4.78 is 25.3. The molecule has 0 aliphatic carbocycles. The summed E-state index contributed by atoms with van der Waals surface area (Å²) in [5.74, 6) is -1.78. The normalized spacial score (nSPS) is 11.9. The summed E-state index contributed by atoms with van der Waals surface area (Å²) in [6.45, 7) is 2.93. The molecule has 6 nitrogen and oxygen atoms in total. The van der Waals surface area contributed by atoms with Crippen LogP contribution in [0.15, 0.2) is 42.5 Å². The maximum absolute atomic E-state index is 14.3. The molecule has 0 fully saturated rings. The van der Waals surface area contributed by atoms with Crippen LogP contribution in [0.4, 0.5) is 10.1 Å². The molecule has 1 atom stereocenters. The Morgan fingerprint density at radius 2 is 1.83 bits per heavy atom. The number of ketones is 1. The molecule has 0 bridgehead atoms. The van der Waals surface area contributed by atoms with E-state index in [2.05, 4.69) is 5.32 Å². The third-order valence-electron chi connectivity index (χ3n) is 4.45. The fraction of sp³-hybridized carbons (Fsp3) is 0.227. The number of halogens is 1. The molecule has 156 valence electrons. The van der Waals surface area contributed by atoms with Gasteiger partial charge in [-0.15, -0.1) is 11.3 Å². The lowest BCUT2D eigenvalue weighted by Gasteiger charge is -2.14. The minimum atomic E-state index is -1.09. The Kier molecular flexibility index (Phi) is 6.59. The third kappa shape index (κ3) is 4.55. The number of anilines is 1. The van der Waals surface area contributed by atoms with E-state index in [1.54, 1.807) is 36.4 Å². The lowest BCUT2D eigenvalue weighted by Crippen LogP contribution is -2.30. The molecule has 1 heterocycles. The van der Waals surface area contributed by atoms with E-state index in [0.717, 1.165) is 11.3 Å². The predicted octanol–water partition coefficient (Wildman–Crippen LogP) is 4.57. The van der Waals surface area contributed by atoms with Crippen molar-refractivity contribution in [3.05, 3.63) is 64.3 Å². The van der Waals surface area contributed by atoms with E-state index in [0.29, 0.717) is 26.9 Å². The topological polar surface area (TPSA) is 81.7 Å². The van der Waals surface area contributed by atoms with Crippen molar-refractivity contribution in [3.63, 3.8) is 0 Å². The van der Waals surface area contributed by atoms with E-state index in [9.17, 15) is 18.8 Å². The standard InChI is InChI=1S/C22H20FNO5S/c1-12(25)14-7-9-15(10-8-14)24-21(26)13(2)29-22(27)20-16(11-28-3)19-17(23)5-4-6-18(19)30-20/h4-10,13H,11H2,1-3H3,(H,24,26). The number of hydrogen-bond acceptors (Lipinski definition) is 6. The molecule has 2 aromatic carbocycles. The molecule has 30 heavy (non-hydrogen) atoms. The molecular formula is C22H20FNO5S. The first-order chi connectivity index (χ1) is 14.3. The van der Waals surface area contributed by atoms with Gasteiger partial charge in [0.1, 0.15) is 10.7 Å². The van der Waals surface area contributed by atoms with E-state index in [4.69, 9.17) is 9.47 Å². The minimum absolute atomic E-state index is 0.0362. The highest BCUT2D eigenvalue weighted by molar-refractivity contribution is 7.21. The van der Waals surface area contributed by atoms with Crippen molar-refractivity contribution in [1.82, 2.24) is 0 Å². The Bertz CT molecular complexity index is 1110. The highest BCUT2D eigenvalue weighted by Crippen LogP contribution is 2.34. The van der Waals surface area contributed by atoms with Crippen LogP contribution in [0, 0.1) is 5.82 Å². The van der Waals surface area contributed by atoms with Gasteiger partial charge in [0.15, 0.2) is 11.9 Å². The molecule has 0 saturated heterocycles. The van der Waals surface area contributed by atoms with Crippen molar-refractivity contribution in [2.24, 2.45) is 0 Å². The van der Waals surface area contributed by atoms with Crippen molar-refractivity contribution < 1.29 is 28.2 Å². The Morgan fingerprint density at radius 3 is 2.47 bits per heavy atom. The molecule has 0 spiro atoms. The molecule has 0 saturated carbocycles. The molecule has 0 aliphatic rings. The van der Waals surface area contributed by atoms with E-state index in [-0.39, 0.29) is 17.3 Å². The fourth-order valence-electron chi connectivity index (χ4n) is 2.91. The molecule has 3 aromatic rings. The predicted molar refractivity (Wildman–Crippen MR) is 112 cm³/mol. The van der Waals surface area contributed by atoms with Gasteiger partial charge in [-0.05, 0) is 50.2 Å². The third-order valence-corrected chi connectivity index (χ3v) is 5.63. The van der Waals surface area contributed by atoms with Crippen LogP contribution in [-0.4, -0.2) is 30.9 Å². The maximum atomic E-state index is 14.3. The summed E-state index contributed by atoms with van der Waals surface area (Å²) in [5, 5.41) is 2.95. The number of ether oxygens (including phenoxy) is 2. The first-order valence-corrected chi connectivity index (χ1v) is 9.95. The van der Waals surface area contributed by atoms with Crippen molar-refractivity contribution in [2.75, 3.05) is 12.4 Å². The van der Waals surface area contributed by atoms with Crippen LogP contribution in [0.3, 0.4) is 0 Å². The monoisotopic (exact) mass is 429 g/mol. The largest absolute Gasteiger partial charge is 0.448 e. The number of esters is 1. The number of fused-ring (bicyclic) bond motifs is 1. The van der Waals surface area contributed by atoms with E-state index < -0.39 is 23.8 Å². The first-order valence-electron chi connectivity index (χ1n) is 9.13. The number of carbonyl (C=O) groups is 3. The Labute approximate surface area is 176 Å². The van der Waals surface area contributed by atoms with E-state index >= 15 is 0 Å². The van der Waals surface area contributed by atoms with Gasteiger partial charge in [-0.1, -0.05) is 6.07 Å². The van der Waals surface area contributed by atoms with Gasteiger partial charge in [-0.3, -0.25) is 9.59 Å². The summed E-state index contributed by atoms with van der Waals surface area (Å²) in [6.07, 6.45) is -1.09. The van der Waals surface area contributed by atoms with Gasteiger partial charge in [-0.2, -0.15) is 0 Å². The summed E-state index contributed by atoms with van der Waals surface area (Å²) in [6, 6.07) is 11.0. The second-order valence-electron chi connectivity index (χ2n) is 6.63. The van der Waals surface area contributed by atoms with Gasteiger partial charge in [0.2, 0.25) is 0 Å². The summed E-state index contributed by atoms with van der Waals surface area (Å²) in [4.78, 5) is 36.6. The Balaban J connectivity index is 1.75. The average molecular weight is 429 g/mol. The summed E-state index contributed by atoms with van der Waals surface area (Å²) in [5.41, 5.74) is 1.39. The number of benzene rings is 2. The smallest absolute Gasteiger partial charge is 0.349 e. The molecule has 1 N–H and O–H groups in total. The van der Waals surface area contributed by atoms with Crippen molar-refractivity contribution >= 4 is 44.8 Å². The van der Waals surface area contributed by atoms with Crippen molar-refractivity contribution in [1.29, 1.82) is 0 Å². The van der Waals surface area contributed by atoms with Gasteiger partial charge in [0, 0.05) is 34.0 Å². The number of rotatable bonds is 7. The van der Waals surface area contributed by atoms with Gasteiger partial charge in [0.05, 0.1) is 6.61 Å². The second-order valence-corrected chi connectivity index (χ2v) is 7.68. The Morgan fingerprint density at radius 1 is 1.13 bits per heavy atom. The van der Waals surface area contributed by atoms with Gasteiger partial charge >= 0.3 is 5.97 Å². The van der Waals surface area contributed by atoms with Crippen LogP contribution in [-0.2, 0) is 20.9 Å². The first kappa shape index (κ1) is 21.6. The van der Waals surface area contributed by atoms with Gasteiger partial charge in [-0.25, -0.2) is 9.18 Å². The van der Waals surface area contributed by atoms with Crippen LogP contribution in [0.5, 0.6) is 0 Å². The van der Waals surface area contributed by atoms with Crippen LogP contribution in [0.2, 0.25) is 0 Å². The number of Topliss-reactive ketones (excluding diaryl/α,β-unsaturated/α-hetero) is 1. The van der Waals surface area contributed by atoms with Gasteiger partial charge < -0.3 is 14.8 Å². The molecule has 0 aliphatic heterocycles. The van der Waals surface area contributed by atoms with Crippen LogP contribution in [0.1, 0.15) is 39.4 Å². The molecular weight excluding hydrogens is 409 g/mol. The zero-order chi connectivity index (χ0) is 21.8. The highest BCUT2D eigenvalue weighted by atomic mass is 32.1. The fourth-order valence-corrected chi connectivity index (χ4v) is 4.02. The van der Waals surface area contributed by atoms with Crippen LogP contribution < -0.4 is 5.32 Å². The van der Waals surface area contributed by atoms with E-state index in [1.807, 2.05) is 0 Å². The summed E-state index contributed by atoms with van der Waals surface area (Å²) >= 11 is 1.09. The van der Waals surface area contributed by atoms with Crippen LogP contribution in [0.25, 0.3) is 10.1 Å². The van der Waals surface area contributed by atoms with Crippen molar-refractivity contribution in [3.8, 4) is 0 Å². The number of methoxy groups -OCH3 is 1. The lowest BCUT2D eigenvalue weighted by atomic mass is 10.1. The molecule has 3 rings (SSSR count). The minimum Gasteiger partial charge on any atom is -0.448 e. The molecule has 1 amide bonds. The zero-order valence-electron chi connectivity index (χ0n) is 16.7. The number of hydrogen-bond donors (Lipinski definition) is 1. The number of nitrogens with one attached hydrogen (secondary N) is 1. The lowest BCUT2D eigenvalue weighted by molar-refractivity contribution is -0.123. The molecule has 1 unspecified atom stereocenters. The molecule has 0 radical (unpaired) electrons.